The standard InChI is InChI=1S/C27H29N3O2/c1-5-30-24-9-7-6-8-22(24)23-15-20(11-13-25(23)30)16-28-29-27(31)17-32-26-14-19(4)10-12-21(26)18(2)3/h6-16,18H,5,17H2,1-4H3,(H,29,31)/b28-16+. The number of aryl methyl sites for hydroxylation is 2. The Morgan fingerprint density at radius 3 is 2.62 bits per heavy atom. The topological polar surface area (TPSA) is 55.6 Å². The maximum Gasteiger partial charge on any atom is 0.277 e. The fourth-order valence-corrected chi connectivity index (χ4v) is 4.09. The van der Waals surface area contributed by atoms with Crippen LogP contribution in [0.2, 0.25) is 0 Å². The van der Waals surface area contributed by atoms with Crippen LogP contribution in [0.25, 0.3) is 21.8 Å². The zero-order valence-corrected chi connectivity index (χ0v) is 19.1. The third kappa shape index (κ3) is 4.37. The molecule has 3 aromatic carbocycles. The van der Waals surface area contributed by atoms with Crippen molar-refractivity contribution >= 4 is 33.9 Å². The molecule has 0 aliphatic heterocycles. The molecule has 164 valence electrons. The first-order valence-electron chi connectivity index (χ1n) is 11.0. The van der Waals surface area contributed by atoms with Gasteiger partial charge in [-0.15, -0.1) is 0 Å². The van der Waals surface area contributed by atoms with Crippen molar-refractivity contribution < 1.29 is 9.53 Å². The summed E-state index contributed by atoms with van der Waals surface area (Å²) in [5, 5.41) is 6.53. The number of para-hydroxylation sites is 1. The van der Waals surface area contributed by atoms with Gasteiger partial charge in [-0.1, -0.05) is 50.2 Å². The Morgan fingerprint density at radius 1 is 1.06 bits per heavy atom. The summed E-state index contributed by atoms with van der Waals surface area (Å²) < 4.78 is 8.08. The van der Waals surface area contributed by atoms with E-state index in [1.54, 1.807) is 6.21 Å². The number of ether oxygens (including phenoxy) is 1. The first kappa shape index (κ1) is 21.6. The molecule has 0 bridgehead atoms. The van der Waals surface area contributed by atoms with Crippen molar-refractivity contribution in [2.75, 3.05) is 6.61 Å². The number of hydrogen-bond acceptors (Lipinski definition) is 3. The van der Waals surface area contributed by atoms with Crippen molar-refractivity contribution in [3.63, 3.8) is 0 Å². The quantitative estimate of drug-likeness (QED) is 0.300. The van der Waals surface area contributed by atoms with Crippen LogP contribution in [0.4, 0.5) is 0 Å². The number of fused-ring (bicyclic) bond motifs is 3. The van der Waals surface area contributed by atoms with Gasteiger partial charge in [0.2, 0.25) is 0 Å². The van der Waals surface area contributed by atoms with E-state index in [0.717, 1.165) is 29.0 Å². The van der Waals surface area contributed by atoms with Crippen LogP contribution in [-0.2, 0) is 11.3 Å². The molecule has 0 saturated carbocycles. The molecular weight excluding hydrogens is 398 g/mol. The van der Waals surface area contributed by atoms with Crippen LogP contribution in [0.5, 0.6) is 5.75 Å². The zero-order chi connectivity index (χ0) is 22.7. The van der Waals surface area contributed by atoms with E-state index >= 15 is 0 Å². The van der Waals surface area contributed by atoms with Crippen molar-refractivity contribution in [2.45, 2.75) is 40.2 Å². The second-order valence-corrected chi connectivity index (χ2v) is 8.32. The van der Waals surface area contributed by atoms with E-state index in [-0.39, 0.29) is 12.5 Å². The Kier molecular flexibility index (Phi) is 6.26. The predicted octanol–water partition coefficient (Wildman–Crippen LogP) is 5.78. The highest BCUT2D eigenvalue weighted by molar-refractivity contribution is 6.09. The maximum absolute atomic E-state index is 12.2. The SMILES string of the molecule is CCn1c2ccccc2c2cc(/C=N/NC(=O)COc3cc(C)ccc3C(C)C)ccc21. The fraction of sp³-hybridized carbons (Fsp3) is 0.259. The summed E-state index contributed by atoms with van der Waals surface area (Å²) >= 11 is 0. The molecule has 4 aromatic rings. The highest BCUT2D eigenvalue weighted by atomic mass is 16.5. The molecule has 0 aliphatic carbocycles. The van der Waals surface area contributed by atoms with Gasteiger partial charge in [-0.05, 0) is 60.7 Å². The van der Waals surface area contributed by atoms with Crippen LogP contribution in [0.1, 0.15) is 43.4 Å². The molecule has 1 heterocycles. The van der Waals surface area contributed by atoms with Gasteiger partial charge in [0.15, 0.2) is 6.61 Å². The van der Waals surface area contributed by atoms with Gasteiger partial charge in [-0.2, -0.15) is 5.10 Å². The van der Waals surface area contributed by atoms with Crippen molar-refractivity contribution in [3.05, 3.63) is 77.4 Å². The zero-order valence-electron chi connectivity index (χ0n) is 19.1. The van der Waals surface area contributed by atoms with Crippen LogP contribution in [0.15, 0.2) is 65.8 Å². The molecule has 5 nitrogen and oxygen atoms in total. The number of hydrogen-bond donors (Lipinski definition) is 1. The molecule has 1 aromatic heterocycles. The van der Waals surface area contributed by atoms with Crippen molar-refractivity contribution in [2.24, 2.45) is 5.10 Å². The first-order valence-corrected chi connectivity index (χ1v) is 11.0. The lowest BCUT2D eigenvalue weighted by Crippen LogP contribution is -2.25. The van der Waals surface area contributed by atoms with Crippen molar-refractivity contribution in [1.82, 2.24) is 9.99 Å². The second-order valence-electron chi connectivity index (χ2n) is 8.32. The summed E-state index contributed by atoms with van der Waals surface area (Å²) in [5.41, 5.74) is 8.10. The Bertz CT molecular complexity index is 1300. The highest BCUT2D eigenvalue weighted by Crippen LogP contribution is 2.29. The predicted molar refractivity (Wildman–Crippen MR) is 132 cm³/mol. The van der Waals surface area contributed by atoms with Crippen LogP contribution < -0.4 is 10.2 Å². The molecular formula is C27H29N3O2. The van der Waals surface area contributed by atoms with Gasteiger partial charge in [0.25, 0.3) is 5.91 Å². The summed E-state index contributed by atoms with van der Waals surface area (Å²) in [6, 6.07) is 20.7. The third-order valence-corrected chi connectivity index (χ3v) is 5.67. The Labute approximate surface area is 188 Å². The Hall–Kier alpha value is -3.60. The summed E-state index contributed by atoms with van der Waals surface area (Å²) in [5.74, 6) is 0.776. The molecule has 1 N–H and O–H groups in total. The van der Waals surface area contributed by atoms with Crippen LogP contribution in [-0.4, -0.2) is 23.3 Å². The van der Waals surface area contributed by atoms with Gasteiger partial charge >= 0.3 is 0 Å². The number of nitrogens with one attached hydrogen (secondary N) is 1. The molecule has 32 heavy (non-hydrogen) atoms. The monoisotopic (exact) mass is 427 g/mol. The lowest BCUT2D eigenvalue weighted by atomic mass is 10.0. The second kappa shape index (κ2) is 9.27. The lowest BCUT2D eigenvalue weighted by molar-refractivity contribution is -0.123. The van der Waals surface area contributed by atoms with Crippen LogP contribution in [0.3, 0.4) is 0 Å². The summed E-state index contributed by atoms with van der Waals surface area (Å²) in [4.78, 5) is 12.2. The largest absolute Gasteiger partial charge is 0.483 e. The van der Waals surface area contributed by atoms with E-state index in [9.17, 15) is 4.79 Å². The number of carbonyl (C=O) groups is 1. The molecule has 0 spiro atoms. The molecule has 0 fully saturated rings. The van der Waals surface area contributed by atoms with Crippen LogP contribution in [0, 0.1) is 6.92 Å². The van der Waals surface area contributed by atoms with E-state index < -0.39 is 0 Å². The number of amides is 1. The number of aromatic nitrogens is 1. The van der Waals surface area contributed by atoms with Gasteiger partial charge in [-0.3, -0.25) is 4.79 Å². The van der Waals surface area contributed by atoms with E-state index in [2.05, 4.69) is 84.4 Å². The molecule has 0 aliphatic rings. The number of rotatable bonds is 7. The van der Waals surface area contributed by atoms with Gasteiger partial charge in [0, 0.05) is 28.4 Å². The minimum absolute atomic E-state index is 0.0798. The minimum atomic E-state index is -0.291. The number of benzene rings is 3. The number of hydrazone groups is 1. The van der Waals surface area contributed by atoms with Gasteiger partial charge in [0.1, 0.15) is 5.75 Å². The Balaban J connectivity index is 1.45. The summed E-state index contributed by atoms with van der Waals surface area (Å²) in [7, 11) is 0. The van der Waals surface area contributed by atoms with Crippen molar-refractivity contribution in [3.8, 4) is 5.75 Å². The third-order valence-electron chi connectivity index (χ3n) is 5.67. The van der Waals surface area contributed by atoms with Crippen molar-refractivity contribution in [1.29, 1.82) is 0 Å². The van der Waals surface area contributed by atoms with E-state index in [1.165, 1.54) is 21.8 Å². The molecule has 5 heteroatoms. The first-order chi connectivity index (χ1) is 15.5. The normalized spacial score (nSPS) is 11.7. The molecule has 1 amide bonds. The minimum Gasteiger partial charge on any atom is -0.483 e. The maximum atomic E-state index is 12.2. The number of nitrogens with zero attached hydrogens (tertiary/aromatic N) is 2. The van der Waals surface area contributed by atoms with E-state index in [4.69, 9.17) is 4.74 Å². The van der Waals surface area contributed by atoms with E-state index in [0.29, 0.717) is 5.92 Å². The van der Waals surface area contributed by atoms with Gasteiger partial charge in [-0.25, -0.2) is 5.43 Å². The number of carbonyl (C=O) groups excluding carboxylic acids is 1. The average Bonchev–Trinajstić information content (AvgIpc) is 3.10. The molecule has 0 saturated heterocycles. The Morgan fingerprint density at radius 2 is 1.84 bits per heavy atom. The van der Waals surface area contributed by atoms with Crippen LogP contribution >= 0.6 is 0 Å². The molecule has 0 radical (unpaired) electrons. The van der Waals surface area contributed by atoms with E-state index in [1.807, 2.05) is 19.1 Å². The lowest BCUT2D eigenvalue weighted by Gasteiger charge is -2.14. The molecule has 0 unspecified atom stereocenters. The smallest absolute Gasteiger partial charge is 0.277 e. The molecule has 4 rings (SSSR count). The average molecular weight is 428 g/mol. The summed E-state index contributed by atoms with van der Waals surface area (Å²) in [6.07, 6.45) is 1.67. The van der Waals surface area contributed by atoms with Gasteiger partial charge in [0.05, 0.1) is 6.21 Å². The molecule has 0 atom stereocenters. The highest BCUT2D eigenvalue weighted by Gasteiger charge is 2.11. The fourth-order valence-electron chi connectivity index (χ4n) is 4.09. The summed E-state index contributed by atoms with van der Waals surface area (Å²) in [6.45, 7) is 9.21. The van der Waals surface area contributed by atoms with Gasteiger partial charge < -0.3 is 9.30 Å².